The van der Waals surface area contributed by atoms with Gasteiger partial charge in [-0.1, -0.05) is 19.3 Å². The number of carbonyl (C=O) groups excluding carboxylic acids is 1. The van der Waals surface area contributed by atoms with Crippen LogP contribution in [0.5, 0.6) is 0 Å². The third-order valence-electron chi connectivity index (χ3n) is 3.36. The Balaban J connectivity index is 1.92. The van der Waals surface area contributed by atoms with Gasteiger partial charge in [0.2, 0.25) is 0 Å². The zero-order valence-corrected chi connectivity index (χ0v) is 12.8. The molecule has 0 aromatic carbocycles. The molecule has 1 rings (SSSR count). The average molecular weight is 270 g/mol. The molecule has 0 atom stereocenters. The van der Waals surface area contributed by atoms with Crippen LogP contribution in [0.4, 0.5) is 4.79 Å². The summed E-state index contributed by atoms with van der Waals surface area (Å²) in [6.45, 7) is 8.39. The first-order valence-electron chi connectivity index (χ1n) is 7.65. The van der Waals surface area contributed by atoms with Crippen molar-refractivity contribution in [3.05, 3.63) is 0 Å². The summed E-state index contributed by atoms with van der Waals surface area (Å²) in [4.78, 5) is 11.4. The number of carbonyl (C=O) groups is 1. The van der Waals surface area contributed by atoms with E-state index in [1.54, 1.807) is 0 Å². The summed E-state index contributed by atoms with van der Waals surface area (Å²) in [5.74, 6) is 0.868. The van der Waals surface area contributed by atoms with Crippen molar-refractivity contribution in [2.45, 2.75) is 64.9 Å². The molecule has 1 fully saturated rings. The van der Waals surface area contributed by atoms with Gasteiger partial charge in [0.1, 0.15) is 5.60 Å². The number of nitrogens with one attached hydrogen (secondary N) is 2. The number of rotatable bonds is 6. The molecule has 0 radical (unpaired) electrons. The van der Waals surface area contributed by atoms with Crippen LogP contribution in [0.15, 0.2) is 0 Å². The lowest BCUT2D eigenvalue weighted by Crippen LogP contribution is -2.34. The van der Waals surface area contributed by atoms with E-state index in [1.165, 1.54) is 32.1 Å². The van der Waals surface area contributed by atoms with Crippen molar-refractivity contribution in [3.63, 3.8) is 0 Å². The Kier molecular flexibility index (Phi) is 7.21. The van der Waals surface area contributed by atoms with Crippen LogP contribution < -0.4 is 10.6 Å². The quantitative estimate of drug-likeness (QED) is 0.729. The minimum Gasteiger partial charge on any atom is -0.444 e. The highest BCUT2D eigenvalue weighted by atomic mass is 16.6. The number of ether oxygens (including phenoxy) is 1. The van der Waals surface area contributed by atoms with Gasteiger partial charge in [0.25, 0.3) is 0 Å². The fraction of sp³-hybridized carbons (Fsp3) is 0.933. The van der Waals surface area contributed by atoms with Gasteiger partial charge in [0.15, 0.2) is 0 Å². The summed E-state index contributed by atoms with van der Waals surface area (Å²) in [6, 6.07) is 0. The molecular weight excluding hydrogens is 240 g/mol. The monoisotopic (exact) mass is 270 g/mol. The van der Waals surface area contributed by atoms with Crippen LogP contribution in [0, 0.1) is 5.92 Å². The SMILES string of the molecule is CC(C)(C)OC(=O)NCCCNCC1CCCCC1. The maximum atomic E-state index is 11.4. The summed E-state index contributed by atoms with van der Waals surface area (Å²) in [7, 11) is 0. The molecule has 0 bridgehead atoms. The molecular formula is C15H30N2O2. The lowest BCUT2D eigenvalue weighted by molar-refractivity contribution is 0.0527. The maximum absolute atomic E-state index is 11.4. The van der Waals surface area contributed by atoms with E-state index in [4.69, 9.17) is 4.74 Å². The molecule has 1 saturated carbocycles. The van der Waals surface area contributed by atoms with Crippen LogP contribution in [-0.4, -0.2) is 31.3 Å². The lowest BCUT2D eigenvalue weighted by Gasteiger charge is -2.22. The Bertz CT molecular complexity index is 255. The van der Waals surface area contributed by atoms with E-state index in [9.17, 15) is 4.79 Å². The molecule has 19 heavy (non-hydrogen) atoms. The highest BCUT2D eigenvalue weighted by Crippen LogP contribution is 2.22. The van der Waals surface area contributed by atoms with Crippen molar-refractivity contribution >= 4 is 6.09 Å². The molecule has 112 valence electrons. The second kappa shape index (κ2) is 8.41. The Morgan fingerprint density at radius 1 is 1.16 bits per heavy atom. The van der Waals surface area contributed by atoms with Crippen molar-refractivity contribution in [2.75, 3.05) is 19.6 Å². The largest absolute Gasteiger partial charge is 0.444 e. The van der Waals surface area contributed by atoms with E-state index >= 15 is 0 Å². The molecule has 0 aromatic heterocycles. The fourth-order valence-electron chi connectivity index (χ4n) is 2.42. The van der Waals surface area contributed by atoms with Crippen LogP contribution in [0.1, 0.15) is 59.3 Å². The predicted molar refractivity (Wildman–Crippen MR) is 78.3 cm³/mol. The molecule has 0 saturated heterocycles. The fourth-order valence-corrected chi connectivity index (χ4v) is 2.42. The third kappa shape index (κ3) is 8.87. The zero-order valence-electron chi connectivity index (χ0n) is 12.8. The van der Waals surface area contributed by atoms with E-state index in [2.05, 4.69) is 10.6 Å². The normalized spacial score (nSPS) is 17.2. The molecule has 0 aromatic rings. The van der Waals surface area contributed by atoms with Gasteiger partial charge in [0.05, 0.1) is 0 Å². The van der Waals surface area contributed by atoms with Gasteiger partial charge in [-0.15, -0.1) is 0 Å². The Morgan fingerprint density at radius 3 is 2.47 bits per heavy atom. The van der Waals surface area contributed by atoms with Crippen molar-refractivity contribution in [1.82, 2.24) is 10.6 Å². The van der Waals surface area contributed by atoms with Crippen LogP contribution >= 0.6 is 0 Å². The van der Waals surface area contributed by atoms with Gasteiger partial charge in [-0.3, -0.25) is 0 Å². The molecule has 4 nitrogen and oxygen atoms in total. The second-order valence-electron chi connectivity index (χ2n) is 6.49. The summed E-state index contributed by atoms with van der Waals surface area (Å²) < 4.78 is 5.17. The van der Waals surface area contributed by atoms with Crippen LogP contribution in [0.2, 0.25) is 0 Å². The van der Waals surface area contributed by atoms with Crippen molar-refractivity contribution in [3.8, 4) is 0 Å². The van der Waals surface area contributed by atoms with Crippen LogP contribution in [-0.2, 0) is 4.74 Å². The smallest absolute Gasteiger partial charge is 0.407 e. The van der Waals surface area contributed by atoms with Crippen molar-refractivity contribution < 1.29 is 9.53 Å². The summed E-state index contributed by atoms with van der Waals surface area (Å²) in [5.41, 5.74) is -0.413. The molecule has 0 heterocycles. The van der Waals surface area contributed by atoms with E-state index in [0.717, 1.165) is 25.4 Å². The van der Waals surface area contributed by atoms with Gasteiger partial charge in [-0.2, -0.15) is 0 Å². The topological polar surface area (TPSA) is 50.4 Å². The third-order valence-corrected chi connectivity index (χ3v) is 3.36. The Morgan fingerprint density at radius 2 is 1.84 bits per heavy atom. The first kappa shape index (κ1) is 16.3. The number of amides is 1. The molecule has 4 heteroatoms. The van der Waals surface area contributed by atoms with Gasteiger partial charge < -0.3 is 15.4 Å². The second-order valence-corrected chi connectivity index (χ2v) is 6.49. The van der Waals surface area contributed by atoms with E-state index in [1.807, 2.05) is 20.8 Å². The van der Waals surface area contributed by atoms with Gasteiger partial charge in [0, 0.05) is 6.54 Å². The molecule has 1 aliphatic carbocycles. The molecule has 1 aliphatic rings. The molecule has 0 aliphatic heterocycles. The van der Waals surface area contributed by atoms with Gasteiger partial charge >= 0.3 is 6.09 Å². The predicted octanol–water partition coefficient (Wildman–Crippen LogP) is 3.07. The number of hydrogen-bond donors (Lipinski definition) is 2. The minimum atomic E-state index is -0.413. The van der Waals surface area contributed by atoms with E-state index < -0.39 is 5.60 Å². The van der Waals surface area contributed by atoms with Crippen LogP contribution in [0.25, 0.3) is 0 Å². The average Bonchev–Trinajstić information content (AvgIpc) is 2.32. The molecule has 1 amide bonds. The summed E-state index contributed by atoms with van der Waals surface area (Å²) in [6.07, 6.45) is 7.59. The van der Waals surface area contributed by atoms with Crippen molar-refractivity contribution in [1.29, 1.82) is 0 Å². The Labute approximate surface area is 117 Å². The zero-order chi connectivity index (χ0) is 14.1. The van der Waals surface area contributed by atoms with Crippen molar-refractivity contribution in [2.24, 2.45) is 5.92 Å². The summed E-state index contributed by atoms with van der Waals surface area (Å²) in [5, 5.41) is 6.26. The summed E-state index contributed by atoms with van der Waals surface area (Å²) >= 11 is 0. The highest BCUT2D eigenvalue weighted by molar-refractivity contribution is 5.67. The standard InChI is InChI=1S/C15H30N2O2/c1-15(2,3)19-14(18)17-11-7-10-16-12-13-8-5-4-6-9-13/h13,16H,4-12H2,1-3H3,(H,17,18). The molecule has 2 N–H and O–H groups in total. The Hall–Kier alpha value is -0.770. The lowest BCUT2D eigenvalue weighted by atomic mass is 9.89. The van der Waals surface area contributed by atoms with Gasteiger partial charge in [-0.05, 0) is 59.0 Å². The minimum absolute atomic E-state index is 0.320. The van der Waals surface area contributed by atoms with Crippen LogP contribution in [0.3, 0.4) is 0 Å². The van der Waals surface area contributed by atoms with Gasteiger partial charge in [-0.25, -0.2) is 4.79 Å². The molecule has 0 spiro atoms. The first-order valence-corrected chi connectivity index (χ1v) is 7.65. The van der Waals surface area contributed by atoms with E-state index in [0.29, 0.717) is 6.54 Å². The molecule has 0 unspecified atom stereocenters. The number of alkyl carbamates (subject to hydrolysis) is 1. The first-order chi connectivity index (χ1) is 8.97. The van der Waals surface area contributed by atoms with E-state index in [-0.39, 0.29) is 6.09 Å². The number of hydrogen-bond acceptors (Lipinski definition) is 3. The maximum Gasteiger partial charge on any atom is 0.407 e. The highest BCUT2D eigenvalue weighted by Gasteiger charge is 2.15.